The third kappa shape index (κ3) is 4.10. The number of hydrogen-bond acceptors (Lipinski definition) is 3. The lowest BCUT2D eigenvalue weighted by atomic mass is 10.1. The Hall–Kier alpha value is -2.14. The Bertz CT molecular complexity index is 724. The summed E-state index contributed by atoms with van der Waals surface area (Å²) < 4.78 is 1.89. The molecule has 1 fully saturated rings. The number of likely N-dealkylation sites (tertiary alicyclic amines) is 1. The Kier molecular flexibility index (Phi) is 5.53. The second kappa shape index (κ2) is 7.83. The quantitative estimate of drug-likeness (QED) is 0.859. The first kappa shape index (κ1) is 17.7. The highest BCUT2D eigenvalue weighted by Gasteiger charge is 2.27. The number of hydrogen-bond donors (Lipinski definition) is 0. The molecule has 1 aromatic carbocycles. The molecule has 5 heteroatoms. The standard InChI is InChI=1S/C20H28N4O/c1-16-9-6-7-10-18(16)24-15-17(13-21-24)14-23(3)20(25)19-11-5-4-8-12-22(19)2/h6-7,9-10,13,15,19H,4-5,8,11-12,14H2,1-3H3/t19-/m1/s1. The second-order valence-electron chi connectivity index (χ2n) is 7.12. The number of likely N-dealkylation sites (N-methyl/N-ethyl adjacent to an activating group) is 2. The topological polar surface area (TPSA) is 41.4 Å². The van der Waals surface area contributed by atoms with E-state index in [0.29, 0.717) is 6.54 Å². The fraction of sp³-hybridized carbons (Fsp3) is 0.500. The summed E-state index contributed by atoms with van der Waals surface area (Å²) in [5, 5.41) is 4.47. The van der Waals surface area contributed by atoms with Crippen molar-refractivity contribution in [1.82, 2.24) is 19.6 Å². The minimum Gasteiger partial charge on any atom is -0.340 e. The van der Waals surface area contributed by atoms with Gasteiger partial charge < -0.3 is 4.90 Å². The van der Waals surface area contributed by atoms with E-state index in [1.54, 1.807) is 0 Å². The van der Waals surface area contributed by atoms with Gasteiger partial charge in [-0.15, -0.1) is 0 Å². The van der Waals surface area contributed by atoms with E-state index in [4.69, 9.17) is 0 Å². The normalized spacial score (nSPS) is 18.8. The number of nitrogens with zero attached hydrogens (tertiary/aromatic N) is 4. The molecule has 25 heavy (non-hydrogen) atoms. The zero-order valence-electron chi connectivity index (χ0n) is 15.5. The zero-order valence-corrected chi connectivity index (χ0v) is 15.5. The van der Waals surface area contributed by atoms with E-state index in [1.165, 1.54) is 18.4 Å². The van der Waals surface area contributed by atoms with Gasteiger partial charge in [0.15, 0.2) is 0 Å². The molecule has 134 valence electrons. The van der Waals surface area contributed by atoms with Crippen LogP contribution in [-0.2, 0) is 11.3 Å². The monoisotopic (exact) mass is 340 g/mol. The predicted octanol–water partition coefficient (Wildman–Crippen LogP) is 3.01. The second-order valence-corrected chi connectivity index (χ2v) is 7.12. The summed E-state index contributed by atoms with van der Waals surface area (Å²) in [6, 6.07) is 8.19. The molecular weight excluding hydrogens is 312 g/mol. The van der Waals surface area contributed by atoms with Crippen LogP contribution in [0.4, 0.5) is 0 Å². The van der Waals surface area contributed by atoms with E-state index in [9.17, 15) is 4.79 Å². The first-order valence-electron chi connectivity index (χ1n) is 9.11. The molecule has 1 atom stereocenters. The van der Waals surface area contributed by atoms with Crippen LogP contribution in [0.3, 0.4) is 0 Å². The Morgan fingerprint density at radius 2 is 2.08 bits per heavy atom. The molecule has 1 amide bonds. The average Bonchev–Trinajstić information content (AvgIpc) is 2.95. The molecule has 0 saturated carbocycles. The van der Waals surface area contributed by atoms with Crippen LogP contribution in [0.25, 0.3) is 5.69 Å². The van der Waals surface area contributed by atoms with Gasteiger partial charge in [0.2, 0.25) is 5.91 Å². The first-order valence-corrected chi connectivity index (χ1v) is 9.11. The summed E-state index contributed by atoms with van der Waals surface area (Å²) in [6.07, 6.45) is 8.38. The van der Waals surface area contributed by atoms with Crippen molar-refractivity contribution in [2.24, 2.45) is 0 Å². The van der Waals surface area contributed by atoms with Crippen LogP contribution in [0.15, 0.2) is 36.7 Å². The Morgan fingerprint density at radius 3 is 2.88 bits per heavy atom. The van der Waals surface area contributed by atoms with Crippen LogP contribution in [0.1, 0.15) is 36.8 Å². The number of carbonyl (C=O) groups is 1. The van der Waals surface area contributed by atoms with Crippen LogP contribution < -0.4 is 0 Å². The Balaban J connectivity index is 1.68. The largest absolute Gasteiger partial charge is 0.340 e. The predicted molar refractivity (Wildman–Crippen MR) is 99.7 cm³/mol. The molecule has 3 rings (SSSR count). The van der Waals surface area contributed by atoms with E-state index in [2.05, 4.69) is 36.1 Å². The minimum atomic E-state index is 0.0129. The molecule has 0 unspecified atom stereocenters. The van der Waals surface area contributed by atoms with Gasteiger partial charge in [0, 0.05) is 25.4 Å². The third-order valence-corrected chi connectivity index (χ3v) is 5.10. The number of aromatic nitrogens is 2. The highest BCUT2D eigenvalue weighted by Crippen LogP contribution is 2.18. The maximum Gasteiger partial charge on any atom is 0.239 e. The molecule has 1 aromatic heterocycles. The molecule has 1 aliphatic heterocycles. The third-order valence-electron chi connectivity index (χ3n) is 5.10. The lowest BCUT2D eigenvalue weighted by Crippen LogP contribution is -2.45. The molecule has 5 nitrogen and oxygen atoms in total. The van der Waals surface area contributed by atoms with Crippen molar-refractivity contribution in [2.75, 3.05) is 20.6 Å². The van der Waals surface area contributed by atoms with Gasteiger partial charge in [-0.3, -0.25) is 9.69 Å². The number of carbonyl (C=O) groups excluding carboxylic acids is 1. The zero-order chi connectivity index (χ0) is 17.8. The van der Waals surface area contributed by atoms with E-state index in [0.717, 1.165) is 30.6 Å². The van der Waals surface area contributed by atoms with Crippen LogP contribution in [-0.4, -0.2) is 52.2 Å². The van der Waals surface area contributed by atoms with Crippen molar-refractivity contribution in [3.05, 3.63) is 47.8 Å². The number of rotatable bonds is 4. The van der Waals surface area contributed by atoms with Gasteiger partial charge in [0.05, 0.1) is 17.9 Å². The number of aryl methyl sites for hydroxylation is 1. The summed E-state index contributed by atoms with van der Waals surface area (Å²) in [6.45, 7) is 3.68. The van der Waals surface area contributed by atoms with E-state index in [1.807, 2.05) is 41.2 Å². The highest BCUT2D eigenvalue weighted by atomic mass is 16.2. The van der Waals surface area contributed by atoms with Gasteiger partial charge in [0.25, 0.3) is 0 Å². The van der Waals surface area contributed by atoms with Gasteiger partial charge in [0.1, 0.15) is 0 Å². The molecule has 0 radical (unpaired) electrons. The van der Waals surface area contributed by atoms with Crippen LogP contribution in [0.5, 0.6) is 0 Å². The molecule has 2 aromatic rings. The molecule has 0 spiro atoms. The SMILES string of the molecule is Cc1ccccc1-n1cc(CN(C)C(=O)[C@H]2CCCCCN2C)cn1. The molecule has 0 N–H and O–H groups in total. The van der Waals surface area contributed by atoms with Crippen molar-refractivity contribution in [3.63, 3.8) is 0 Å². The van der Waals surface area contributed by atoms with Crippen molar-refractivity contribution in [3.8, 4) is 5.69 Å². The smallest absolute Gasteiger partial charge is 0.239 e. The van der Waals surface area contributed by atoms with Gasteiger partial charge >= 0.3 is 0 Å². The fourth-order valence-corrected chi connectivity index (χ4v) is 3.56. The summed E-state index contributed by atoms with van der Waals surface area (Å²) in [5.74, 6) is 0.216. The molecule has 1 saturated heterocycles. The number of benzene rings is 1. The van der Waals surface area contributed by atoms with Gasteiger partial charge in [-0.1, -0.05) is 31.0 Å². The maximum absolute atomic E-state index is 12.9. The van der Waals surface area contributed by atoms with Gasteiger partial charge in [-0.05, 0) is 45.0 Å². The highest BCUT2D eigenvalue weighted by molar-refractivity contribution is 5.81. The number of para-hydroxylation sites is 1. The Morgan fingerprint density at radius 1 is 1.28 bits per heavy atom. The van der Waals surface area contributed by atoms with Gasteiger partial charge in [-0.25, -0.2) is 4.68 Å². The van der Waals surface area contributed by atoms with Gasteiger partial charge in [-0.2, -0.15) is 5.10 Å². The molecule has 2 heterocycles. The van der Waals surface area contributed by atoms with Crippen LogP contribution in [0.2, 0.25) is 0 Å². The first-order chi connectivity index (χ1) is 12.1. The van der Waals surface area contributed by atoms with Crippen molar-refractivity contribution in [1.29, 1.82) is 0 Å². The van der Waals surface area contributed by atoms with E-state index >= 15 is 0 Å². The average molecular weight is 340 g/mol. The number of amides is 1. The van der Waals surface area contributed by atoms with Crippen LogP contribution in [0, 0.1) is 6.92 Å². The Labute approximate surface area is 150 Å². The lowest BCUT2D eigenvalue weighted by molar-refractivity contribution is -0.135. The molecule has 1 aliphatic rings. The maximum atomic E-state index is 12.9. The van der Waals surface area contributed by atoms with E-state index in [-0.39, 0.29) is 11.9 Å². The van der Waals surface area contributed by atoms with Crippen molar-refractivity contribution >= 4 is 5.91 Å². The van der Waals surface area contributed by atoms with E-state index < -0.39 is 0 Å². The summed E-state index contributed by atoms with van der Waals surface area (Å²) in [4.78, 5) is 16.9. The summed E-state index contributed by atoms with van der Waals surface area (Å²) in [5.41, 5.74) is 3.31. The fourth-order valence-electron chi connectivity index (χ4n) is 3.56. The summed E-state index contributed by atoms with van der Waals surface area (Å²) in [7, 11) is 3.96. The lowest BCUT2D eigenvalue weighted by Gasteiger charge is -2.28. The molecular formula is C20H28N4O. The summed E-state index contributed by atoms with van der Waals surface area (Å²) >= 11 is 0. The van der Waals surface area contributed by atoms with Crippen molar-refractivity contribution < 1.29 is 4.79 Å². The van der Waals surface area contributed by atoms with Crippen molar-refractivity contribution in [2.45, 2.75) is 45.2 Å². The minimum absolute atomic E-state index is 0.0129. The molecule has 0 aliphatic carbocycles. The molecule has 0 bridgehead atoms. The van der Waals surface area contributed by atoms with Crippen LogP contribution >= 0.6 is 0 Å².